The number of nitrogens with two attached hydrogens (primary N) is 3. The van der Waals surface area contributed by atoms with Crippen molar-refractivity contribution < 1.29 is 39.3 Å². The van der Waals surface area contributed by atoms with Gasteiger partial charge in [-0.3, -0.25) is 29.0 Å². The molecule has 0 aliphatic rings. The lowest BCUT2D eigenvalue weighted by atomic mass is 10.1. The van der Waals surface area contributed by atoms with E-state index in [0.29, 0.717) is 6.42 Å². The van der Waals surface area contributed by atoms with Gasteiger partial charge in [0, 0.05) is 6.54 Å². The number of nitrogens with zero attached hydrogens (tertiary/aromatic N) is 1. The fraction of sp³-hybridized carbons (Fsp3) is 0.625. The van der Waals surface area contributed by atoms with Crippen LogP contribution < -0.4 is 33.2 Å². The molecule has 0 heterocycles. The average Bonchev–Trinajstić information content (AvgIpc) is 2.67. The first kappa shape index (κ1) is 27.5. The first-order chi connectivity index (χ1) is 14.4. The van der Waals surface area contributed by atoms with E-state index in [9.17, 15) is 29.1 Å². The number of aliphatic hydroxyl groups excluding tert-OH is 1. The number of carbonyl (C=O) groups excluding carboxylic acids is 3. The summed E-state index contributed by atoms with van der Waals surface area (Å²) in [6.45, 7) is 0.477. The number of hydrogen-bond donors (Lipinski definition) is 9. The van der Waals surface area contributed by atoms with E-state index in [-0.39, 0.29) is 18.9 Å². The van der Waals surface area contributed by atoms with Crippen LogP contribution in [0.25, 0.3) is 0 Å². The van der Waals surface area contributed by atoms with Gasteiger partial charge in [-0.25, -0.2) is 0 Å². The summed E-state index contributed by atoms with van der Waals surface area (Å²) in [5, 5.41) is 33.4. The SMILES string of the molecule is CC(NC(=O)C(CO)NC(=O)C(CC(=O)O)NC(=O)C(N)CCCN=C(N)N)C(=O)O. The molecule has 0 saturated heterocycles. The van der Waals surface area contributed by atoms with E-state index in [4.69, 9.17) is 27.4 Å². The average molecular weight is 447 g/mol. The summed E-state index contributed by atoms with van der Waals surface area (Å²) in [6.07, 6.45) is -0.348. The van der Waals surface area contributed by atoms with Crippen molar-refractivity contribution in [1.29, 1.82) is 0 Å². The minimum Gasteiger partial charge on any atom is -0.481 e. The zero-order valence-electron chi connectivity index (χ0n) is 16.9. The monoisotopic (exact) mass is 447 g/mol. The van der Waals surface area contributed by atoms with Crippen molar-refractivity contribution in [2.45, 2.75) is 50.4 Å². The highest BCUT2D eigenvalue weighted by Crippen LogP contribution is 2.00. The second kappa shape index (κ2) is 13.7. The van der Waals surface area contributed by atoms with Crippen LogP contribution in [0, 0.1) is 0 Å². The molecule has 0 fully saturated rings. The van der Waals surface area contributed by atoms with E-state index in [0.717, 1.165) is 0 Å². The number of carboxylic acids is 2. The summed E-state index contributed by atoms with van der Waals surface area (Å²) >= 11 is 0. The van der Waals surface area contributed by atoms with Gasteiger partial charge in [-0.15, -0.1) is 0 Å². The van der Waals surface area contributed by atoms with Crippen molar-refractivity contribution in [2.75, 3.05) is 13.2 Å². The van der Waals surface area contributed by atoms with Crippen molar-refractivity contribution >= 4 is 35.6 Å². The summed E-state index contributed by atoms with van der Waals surface area (Å²) in [6, 6.07) is -5.57. The van der Waals surface area contributed by atoms with Gasteiger partial charge in [0.2, 0.25) is 17.7 Å². The Bertz CT molecular complexity index is 695. The molecule has 0 spiro atoms. The Morgan fingerprint density at radius 3 is 1.97 bits per heavy atom. The molecule has 12 N–H and O–H groups in total. The lowest BCUT2D eigenvalue weighted by Gasteiger charge is -2.23. The third kappa shape index (κ3) is 11.3. The molecule has 0 aliphatic carbocycles. The molecule has 15 nitrogen and oxygen atoms in total. The van der Waals surface area contributed by atoms with E-state index < -0.39 is 66.9 Å². The number of carboxylic acid groups (broad SMARTS) is 2. The van der Waals surface area contributed by atoms with E-state index in [1.165, 1.54) is 6.92 Å². The number of aliphatic carboxylic acids is 2. The Hall–Kier alpha value is -3.46. The highest BCUT2D eigenvalue weighted by molar-refractivity contribution is 5.95. The fourth-order valence-corrected chi connectivity index (χ4v) is 2.16. The van der Waals surface area contributed by atoms with Gasteiger partial charge in [-0.05, 0) is 19.8 Å². The molecule has 176 valence electrons. The van der Waals surface area contributed by atoms with Gasteiger partial charge in [0.25, 0.3) is 0 Å². The lowest BCUT2D eigenvalue weighted by molar-refractivity contribution is -0.143. The second-order valence-electron chi connectivity index (χ2n) is 6.53. The van der Waals surface area contributed by atoms with Crippen LogP contribution in [-0.2, 0) is 24.0 Å². The topological polar surface area (TPSA) is 273 Å². The molecular weight excluding hydrogens is 418 g/mol. The highest BCUT2D eigenvalue weighted by atomic mass is 16.4. The highest BCUT2D eigenvalue weighted by Gasteiger charge is 2.30. The van der Waals surface area contributed by atoms with Crippen LogP contribution in [0.15, 0.2) is 4.99 Å². The van der Waals surface area contributed by atoms with Crippen LogP contribution in [0.2, 0.25) is 0 Å². The van der Waals surface area contributed by atoms with E-state index in [1.807, 2.05) is 5.32 Å². The van der Waals surface area contributed by atoms with Crippen LogP contribution >= 0.6 is 0 Å². The summed E-state index contributed by atoms with van der Waals surface area (Å²) in [4.78, 5) is 62.1. The van der Waals surface area contributed by atoms with Gasteiger partial charge in [-0.2, -0.15) is 0 Å². The molecule has 0 bridgehead atoms. The molecule has 0 aromatic carbocycles. The molecule has 0 saturated carbocycles. The predicted molar refractivity (Wildman–Crippen MR) is 106 cm³/mol. The smallest absolute Gasteiger partial charge is 0.325 e. The number of amides is 3. The molecule has 0 radical (unpaired) electrons. The zero-order chi connectivity index (χ0) is 24.1. The normalized spacial score (nSPS) is 14.3. The molecule has 0 aliphatic heterocycles. The van der Waals surface area contributed by atoms with Crippen LogP contribution in [0.3, 0.4) is 0 Å². The van der Waals surface area contributed by atoms with Crippen LogP contribution in [0.5, 0.6) is 0 Å². The first-order valence-corrected chi connectivity index (χ1v) is 9.16. The first-order valence-electron chi connectivity index (χ1n) is 9.16. The largest absolute Gasteiger partial charge is 0.481 e. The summed E-state index contributed by atoms with van der Waals surface area (Å²) in [7, 11) is 0. The van der Waals surface area contributed by atoms with Crippen LogP contribution in [0.4, 0.5) is 0 Å². The molecule has 4 unspecified atom stereocenters. The number of hydrogen-bond acceptors (Lipinski definition) is 8. The van der Waals surface area contributed by atoms with Crippen molar-refractivity contribution in [3.63, 3.8) is 0 Å². The van der Waals surface area contributed by atoms with Crippen molar-refractivity contribution in [3.05, 3.63) is 0 Å². The van der Waals surface area contributed by atoms with Crippen molar-refractivity contribution in [1.82, 2.24) is 16.0 Å². The molecule has 15 heteroatoms. The Morgan fingerprint density at radius 1 is 0.935 bits per heavy atom. The number of aliphatic hydroxyl groups is 1. The maximum absolute atomic E-state index is 12.4. The fourth-order valence-electron chi connectivity index (χ4n) is 2.16. The quantitative estimate of drug-likeness (QED) is 0.0693. The Morgan fingerprint density at radius 2 is 1.48 bits per heavy atom. The summed E-state index contributed by atoms with van der Waals surface area (Å²) in [5.74, 6) is -5.82. The maximum atomic E-state index is 12.4. The van der Waals surface area contributed by atoms with Gasteiger partial charge in [0.05, 0.1) is 19.1 Å². The minimum absolute atomic E-state index is 0.128. The van der Waals surface area contributed by atoms with Gasteiger partial charge in [0.15, 0.2) is 5.96 Å². The molecule has 0 aromatic heterocycles. The minimum atomic E-state index is -1.60. The van der Waals surface area contributed by atoms with E-state index in [2.05, 4.69) is 15.6 Å². The molecular formula is C16H29N7O8. The van der Waals surface area contributed by atoms with Gasteiger partial charge >= 0.3 is 11.9 Å². The number of carbonyl (C=O) groups is 5. The Labute approximate surface area is 177 Å². The Kier molecular flexibility index (Phi) is 12.2. The van der Waals surface area contributed by atoms with Gasteiger partial charge in [0.1, 0.15) is 18.1 Å². The predicted octanol–water partition coefficient (Wildman–Crippen LogP) is -4.61. The third-order valence-electron chi connectivity index (χ3n) is 3.86. The van der Waals surface area contributed by atoms with Crippen LogP contribution in [-0.4, -0.2) is 88.3 Å². The standard InChI is InChI=1S/C16H29N7O8/c1-7(15(30)31)21-14(29)10(6-24)23-13(28)9(5-11(25)26)22-12(27)8(17)3-2-4-20-16(18)19/h7-10,24H,2-6,17H2,1H3,(H,21,29)(H,22,27)(H,23,28)(H,25,26)(H,30,31)(H4,18,19,20). The van der Waals surface area contributed by atoms with Gasteiger partial charge < -0.3 is 48.5 Å². The number of rotatable bonds is 14. The molecule has 31 heavy (non-hydrogen) atoms. The van der Waals surface area contributed by atoms with E-state index in [1.54, 1.807) is 0 Å². The Balaban J connectivity index is 5.03. The molecule has 0 aromatic rings. The maximum Gasteiger partial charge on any atom is 0.325 e. The molecule has 4 atom stereocenters. The number of nitrogens with one attached hydrogen (secondary N) is 3. The lowest BCUT2D eigenvalue weighted by Crippen LogP contribution is -2.58. The second-order valence-corrected chi connectivity index (χ2v) is 6.53. The zero-order valence-corrected chi connectivity index (χ0v) is 16.9. The summed E-state index contributed by atoms with van der Waals surface area (Å²) < 4.78 is 0. The third-order valence-corrected chi connectivity index (χ3v) is 3.86. The van der Waals surface area contributed by atoms with Crippen molar-refractivity contribution in [2.24, 2.45) is 22.2 Å². The van der Waals surface area contributed by atoms with Crippen LogP contribution in [0.1, 0.15) is 26.2 Å². The van der Waals surface area contributed by atoms with E-state index >= 15 is 0 Å². The summed E-state index contributed by atoms with van der Waals surface area (Å²) in [5.41, 5.74) is 16.1. The molecule has 0 rings (SSSR count). The number of guanidine groups is 1. The van der Waals surface area contributed by atoms with Gasteiger partial charge in [-0.1, -0.05) is 0 Å². The number of aliphatic imine (C=N–C) groups is 1. The van der Waals surface area contributed by atoms with Crippen molar-refractivity contribution in [3.8, 4) is 0 Å². The molecule has 3 amide bonds.